The third-order valence-corrected chi connectivity index (χ3v) is 4.01. The molecule has 1 atom stereocenters. The van der Waals surface area contributed by atoms with Crippen LogP contribution in [0.15, 0.2) is 46.9 Å². The zero-order chi connectivity index (χ0) is 13.1. The number of benzene rings is 2. The van der Waals surface area contributed by atoms with Gasteiger partial charge in [0, 0.05) is 10.9 Å². The first-order chi connectivity index (χ1) is 8.56. The molecule has 0 heterocycles. The molecule has 0 bridgehead atoms. The van der Waals surface area contributed by atoms with E-state index in [0.717, 1.165) is 21.2 Å². The quantitative estimate of drug-likeness (QED) is 0.894. The first kappa shape index (κ1) is 13.3. The van der Waals surface area contributed by atoms with Crippen LogP contribution in [0.25, 0.3) is 0 Å². The minimum atomic E-state index is -0.445. The van der Waals surface area contributed by atoms with Gasteiger partial charge in [0.15, 0.2) is 0 Å². The molecule has 0 aromatic heterocycles. The van der Waals surface area contributed by atoms with Gasteiger partial charge in [-0.15, -0.1) is 0 Å². The van der Waals surface area contributed by atoms with Gasteiger partial charge in [0.1, 0.15) is 0 Å². The van der Waals surface area contributed by atoms with Gasteiger partial charge in [-0.1, -0.05) is 57.9 Å². The molecule has 1 N–H and O–H groups in total. The van der Waals surface area contributed by atoms with Crippen molar-refractivity contribution >= 4 is 15.9 Å². The van der Waals surface area contributed by atoms with Crippen LogP contribution in [0.4, 0.5) is 0 Å². The maximum absolute atomic E-state index is 10.2. The van der Waals surface area contributed by atoms with E-state index in [0.29, 0.717) is 6.42 Å². The smallest absolute Gasteiger partial charge is 0.0830 e. The Morgan fingerprint density at radius 3 is 2.33 bits per heavy atom. The summed E-state index contributed by atoms with van der Waals surface area (Å²) in [6, 6.07) is 14.3. The van der Waals surface area contributed by atoms with Gasteiger partial charge in [0.25, 0.3) is 0 Å². The molecule has 2 heteroatoms. The summed E-state index contributed by atoms with van der Waals surface area (Å²) in [5.74, 6) is 0. The standard InChI is InChI=1S/C16H17BrO/c1-11-3-5-13(6-4-11)10-16(18)14-7-8-15(17)12(2)9-14/h3-9,16,18H,10H2,1-2H3. The summed E-state index contributed by atoms with van der Waals surface area (Å²) in [5, 5.41) is 10.2. The second-order valence-corrected chi connectivity index (χ2v) is 5.57. The Morgan fingerprint density at radius 2 is 1.72 bits per heavy atom. The molecule has 18 heavy (non-hydrogen) atoms. The van der Waals surface area contributed by atoms with Crippen LogP contribution in [0.5, 0.6) is 0 Å². The Morgan fingerprint density at radius 1 is 1.06 bits per heavy atom. The average Bonchev–Trinajstić information content (AvgIpc) is 2.35. The van der Waals surface area contributed by atoms with Crippen LogP contribution in [0.2, 0.25) is 0 Å². The maximum Gasteiger partial charge on any atom is 0.0830 e. The highest BCUT2D eigenvalue weighted by Crippen LogP contribution is 2.23. The maximum atomic E-state index is 10.2. The van der Waals surface area contributed by atoms with E-state index >= 15 is 0 Å². The van der Waals surface area contributed by atoms with Crippen molar-refractivity contribution in [3.8, 4) is 0 Å². The molecule has 0 amide bonds. The third-order valence-electron chi connectivity index (χ3n) is 3.12. The van der Waals surface area contributed by atoms with E-state index in [9.17, 15) is 5.11 Å². The highest BCUT2D eigenvalue weighted by Gasteiger charge is 2.09. The number of halogens is 1. The van der Waals surface area contributed by atoms with Crippen LogP contribution in [-0.2, 0) is 6.42 Å². The highest BCUT2D eigenvalue weighted by molar-refractivity contribution is 9.10. The van der Waals surface area contributed by atoms with Gasteiger partial charge in [-0.2, -0.15) is 0 Å². The Kier molecular flexibility index (Phi) is 4.20. The third kappa shape index (κ3) is 3.21. The molecule has 2 rings (SSSR count). The Labute approximate surface area is 117 Å². The lowest BCUT2D eigenvalue weighted by Gasteiger charge is -2.12. The van der Waals surface area contributed by atoms with E-state index in [1.807, 2.05) is 25.1 Å². The molecule has 2 aromatic rings. The zero-order valence-corrected chi connectivity index (χ0v) is 12.2. The van der Waals surface area contributed by atoms with Gasteiger partial charge in [0.2, 0.25) is 0 Å². The lowest BCUT2D eigenvalue weighted by atomic mass is 9.99. The molecular formula is C16H17BrO. The van der Waals surface area contributed by atoms with Gasteiger partial charge in [-0.3, -0.25) is 0 Å². The largest absolute Gasteiger partial charge is 0.388 e. The van der Waals surface area contributed by atoms with Crippen molar-refractivity contribution in [3.63, 3.8) is 0 Å². The summed E-state index contributed by atoms with van der Waals surface area (Å²) < 4.78 is 1.08. The molecule has 0 aliphatic carbocycles. The fourth-order valence-electron chi connectivity index (χ4n) is 1.94. The highest BCUT2D eigenvalue weighted by atomic mass is 79.9. The summed E-state index contributed by atoms with van der Waals surface area (Å²) in [7, 11) is 0. The van der Waals surface area contributed by atoms with E-state index < -0.39 is 6.10 Å². The number of aryl methyl sites for hydroxylation is 2. The molecule has 0 saturated carbocycles. The summed E-state index contributed by atoms with van der Waals surface area (Å²) >= 11 is 3.47. The molecule has 94 valence electrons. The van der Waals surface area contributed by atoms with E-state index in [1.54, 1.807) is 0 Å². The summed E-state index contributed by atoms with van der Waals surface area (Å²) in [5.41, 5.74) is 4.52. The molecule has 0 fully saturated rings. The van der Waals surface area contributed by atoms with Crippen molar-refractivity contribution in [1.82, 2.24) is 0 Å². The van der Waals surface area contributed by atoms with Crippen LogP contribution in [0.3, 0.4) is 0 Å². The molecule has 0 aliphatic rings. The van der Waals surface area contributed by atoms with Crippen LogP contribution in [0.1, 0.15) is 28.4 Å². The van der Waals surface area contributed by atoms with Gasteiger partial charge in [-0.05, 0) is 36.6 Å². The molecular weight excluding hydrogens is 288 g/mol. The van der Waals surface area contributed by atoms with Crippen LogP contribution < -0.4 is 0 Å². The van der Waals surface area contributed by atoms with Crippen molar-refractivity contribution < 1.29 is 5.11 Å². The molecule has 0 spiro atoms. The van der Waals surface area contributed by atoms with Crippen molar-refractivity contribution in [2.45, 2.75) is 26.4 Å². The van der Waals surface area contributed by atoms with E-state index in [-0.39, 0.29) is 0 Å². The van der Waals surface area contributed by atoms with Gasteiger partial charge in [0.05, 0.1) is 6.10 Å². The first-order valence-corrected chi connectivity index (χ1v) is 6.85. The van der Waals surface area contributed by atoms with Crippen molar-refractivity contribution in [2.75, 3.05) is 0 Å². The Bertz CT molecular complexity index is 531. The monoisotopic (exact) mass is 304 g/mol. The lowest BCUT2D eigenvalue weighted by molar-refractivity contribution is 0.178. The van der Waals surface area contributed by atoms with Crippen molar-refractivity contribution in [2.24, 2.45) is 0 Å². The Balaban J connectivity index is 2.13. The van der Waals surface area contributed by atoms with E-state index in [4.69, 9.17) is 0 Å². The minimum Gasteiger partial charge on any atom is -0.388 e. The number of hydrogen-bond donors (Lipinski definition) is 1. The zero-order valence-electron chi connectivity index (χ0n) is 10.7. The molecule has 1 nitrogen and oxygen atoms in total. The Hall–Kier alpha value is -1.12. The second-order valence-electron chi connectivity index (χ2n) is 4.71. The van der Waals surface area contributed by atoms with Crippen molar-refractivity contribution in [3.05, 3.63) is 69.2 Å². The van der Waals surface area contributed by atoms with Crippen LogP contribution >= 0.6 is 15.9 Å². The predicted molar refractivity (Wildman–Crippen MR) is 78.7 cm³/mol. The van der Waals surface area contributed by atoms with Crippen molar-refractivity contribution in [1.29, 1.82) is 0 Å². The fourth-order valence-corrected chi connectivity index (χ4v) is 2.19. The average molecular weight is 305 g/mol. The second kappa shape index (κ2) is 5.68. The number of aliphatic hydroxyl groups is 1. The van der Waals surface area contributed by atoms with E-state index in [1.165, 1.54) is 5.56 Å². The van der Waals surface area contributed by atoms with Crippen LogP contribution in [-0.4, -0.2) is 5.11 Å². The molecule has 0 saturated heterocycles. The topological polar surface area (TPSA) is 20.2 Å². The number of aliphatic hydroxyl groups excluding tert-OH is 1. The summed E-state index contributed by atoms with van der Waals surface area (Å²) in [4.78, 5) is 0. The first-order valence-electron chi connectivity index (χ1n) is 6.06. The lowest BCUT2D eigenvalue weighted by Crippen LogP contribution is -2.02. The summed E-state index contributed by atoms with van der Waals surface area (Å²) in [6.07, 6.45) is 0.209. The number of hydrogen-bond acceptors (Lipinski definition) is 1. The van der Waals surface area contributed by atoms with Gasteiger partial charge in [-0.25, -0.2) is 0 Å². The summed E-state index contributed by atoms with van der Waals surface area (Å²) in [6.45, 7) is 4.10. The molecule has 0 aliphatic heterocycles. The molecule has 2 aromatic carbocycles. The fraction of sp³-hybridized carbons (Fsp3) is 0.250. The SMILES string of the molecule is Cc1ccc(CC(O)c2ccc(Br)c(C)c2)cc1. The molecule has 1 unspecified atom stereocenters. The van der Waals surface area contributed by atoms with E-state index in [2.05, 4.69) is 47.1 Å². The van der Waals surface area contributed by atoms with Gasteiger partial charge < -0.3 is 5.11 Å². The number of rotatable bonds is 3. The predicted octanol–water partition coefficient (Wildman–Crippen LogP) is 4.34. The minimum absolute atomic E-state index is 0.445. The normalized spacial score (nSPS) is 12.4. The van der Waals surface area contributed by atoms with Crippen LogP contribution in [0, 0.1) is 13.8 Å². The molecule has 0 radical (unpaired) electrons. The van der Waals surface area contributed by atoms with Gasteiger partial charge >= 0.3 is 0 Å².